The summed E-state index contributed by atoms with van der Waals surface area (Å²) in [7, 11) is 0. The predicted octanol–water partition coefficient (Wildman–Crippen LogP) is 2.14. The minimum Gasteiger partial charge on any atom is -0.479 e. The lowest BCUT2D eigenvalue weighted by molar-refractivity contribution is -0.150. The van der Waals surface area contributed by atoms with Gasteiger partial charge in [0.25, 0.3) is 0 Å². The largest absolute Gasteiger partial charge is 0.479 e. The van der Waals surface area contributed by atoms with Crippen LogP contribution in [0.4, 0.5) is 0 Å². The molecule has 0 aromatic heterocycles. The summed E-state index contributed by atoms with van der Waals surface area (Å²) in [6.07, 6.45) is 0.330. The lowest BCUT2D eigenvalue weighted by Gasteiger charge is -2.23. The molecule has 2 N–H and O–H groups in total. The molecule has 14 heavy (non-hydrogen) atoms. The fourth-order valence-electron chi connectivity index (χ4n) is 1.77. The predicted molar refractivity (Wildman–Crippen MR) is 56.0 cm³/mol. The molecular weight excluding hydrogens is 180 g/mol. The molecule has 3 nitrogen and oxygen atoms in total. The molecule has 0 bridgehead atoms. The normalized spacial score (nSPS) is 14.0. The minimum absolute atomic E-state index is 0.118. The molecule has 0 heterocycles. The maximum absolute atomic E-state index is 10.7. The smallest absolute Gasteiger partial charge is 0.332 e. The summed E-state index contributed by atoms with van der Waals surface area (Å²) in [5.74, 6) is -0.371. The van der Waals surface area contributed by atoms with Crippen LogP contribution in [0.2, 0.25) is 0 Å². The third kappa shape index (κ3) is 5.22. The van der Waals surface area contributed by atoms with Crippen molar-refractivity contribution in [2.75, 3.05) is 0 Å². The molecule has 0 fully saturated rings. The van der Waals surface area contributed by atoms with E-state index in [9.17, 15) is 9.90 Å². The average molecular weight is 202 g/mol. The first-order chi connectivity index (χ1) is 6.34. The molecule has 3 heteroatoms. The zero-order valence-corrected chi connectivity index (χ0v) is 9.53. The van der Waals surface area contributed by atoms with Crippen molar-refractivity contribution >= 4 is 5.97 Å². The van der Waals surface area contributed by atoms with Crippen LogP contribution in [0.25, 0.3) is 0 Å². The van der Waals surface area contributed by atoms with Crippen LogP contribution in [-0.2, 0) is 4.79 Å². The zero-order valence-electron chi connectivity index (χ0n) is 9.53. The molecule has 0 aliphatic carbocycles. The Morgan fingerprint density at radius 2 is 1.43 bits per heavy atom. The van der Waals surface area contributed by atoms with Gasteiger partial charge in [0.2, 0.25) is 0 Å². The summed E-state index contributed by atoms with van der Waals surface area (Å²) in [4.78, 5) is 10.7. The van der Waals surface area contributed by atoms with Gasteiger partial charge in [-0.25, -0.2) is 4.79 Å². The number of aliphatic carboxylic acids is 1. The van der Waals surface area contributed by atoms with Crippen LogP contribution >= 0.6 is 0 Å². The first kappa shape index (κ1) is 13.4. The lowest BCUT2D eigenvalue weighted by Crippen LogP contribution is -2.31. The summed E-state index contributed by atoms with van der Waals surface area (Å²) in [5.41, 5.74) is 0. The van der Waals surface area contributed by atoms with Crippen molar-refractivity contribution in [3.63, 3.8) is 0 Å². The zero-order chi connectivity index (χ0) is 11.3. The summed E-state index contributed by atoms with van der Waals surface area (Å²) in [5, 5.41) is 18.2. The lowest BCUT2D eigenvalue weighted by atomic mass is 9.85. The molecule has 0 aliphatic rings. The highest BCUT2D eigenvalue weighted by Crippen LogP contribution is 2.23. The van der Waals surface area contributed by atoms with Gasteiger partial charge in [0.1, 0.15) is 0 Å². The quantitative estimate of drug-likeness (QED) is 0.693. The Balaban J connectivity index is 4.30. The second-order valence-corrected chi connectivity index (χ2v) is 4.80. The van der Waals surface area contributed by atoms with Crippen LogP contribution in [0.15, 0.2) is 0 Å². The SMILES string of the molecule is CC(C)CC(CC(C)C)C(O)C(=O)O. The molecular formula is C11H22O3. The number of carboxylic acids is 1. The molecule has 1 unspecified atom stereocenters. The number of rotatable bonds is 6. The van der Waals surface area contributed by atoms with Gasteiger partial charge in [0.05, 0.1) is 0 Å². The van der Waals surface area contributed by atoms with Crippen molar-refractivity contribution in [1.29, 1.82) is 0 Å². The summed E-state index contributed by atoms with van der Waals surface area (Å²) >= 11 is 0. The van der Waals surface area contributed by atoms with E-state index < -0.39 is 12.1 Å². The minimum atomic E-state index is -1.21. The monoisotopic (exact) mass is 202 g/mol. The van der Waals surface area contributed by atoms with Gasteiger partial charge in [-0.2, -0.15) is 0 Å². The molecule has 0 saturated carbocycles. The van der Waals surface area contributed by atoms with Crippen LogP contribution in [0.5, 0.6) is 0 Å². The third-order valence-electron chi connectivity index (χ3n) is 2.25. The maximum Gasteiger partial charge on any atom is 0.332 e. The van der Waals surface area contributed by atoms with Gasteiger partial charge in [-0.3, -0.25) is 0 Å². The number of aliphatic hydroxyl groups excluding tert-OH is 1. The van der Waals surface area contributed by atoms with E-state index in [4.69, 9.17) is 5.11 Å². The van der Waals surface area contributed by atoms with Crippen molar-refractivity contribution in [3.8, 4) is 0 Å². The molecule has 0 radical (unpaired) electrons. The highest BCUT2D eigenvalue weighted by Gasteiger charge is 2.26. The Labute approximate surface area is 86.1 Å². The van der Waals surface area contributed by atoms with Crippen LogP contribution < -0.4 is 0 Å². The van der Waals surface area contributed by atoms with Gasteiger partial charge < -0.3 is 10.2 Å². The van der Waals surface area contributed by atoms with Gasteiger partial charge >= 0.3 is 5.97 Å². The highest BCUT2D eigenvalue weighted by atomic mass is 16.4. The Morgan fingerprint density at radius 1 is 1.07 bits per heavy atom. The molecule has 0 rings (SSSR count). The van der Waals surface area contributed by atoms with E-state index in [1.807, 2.05) is 27.7 Å². The fraction of sp³-hybridized carbons (Fsp3) is 0.909. The molecule has 0 saturated heterocycles. The average Bonchev–Trinajstić information content (AvgIpc) is 1.99. The second kappa shape index (κ2) is 6.02. The van der Waals surface area contributed by atoms with Gasteiger partial charge in [0.15, 0.2) is 6.10 Å². The Hall–Kier alpha value is -0.570. The van der Waals surface area contributed by atoms with E-state index in [2.05, 4.69) is 0 Å². The molecule has 0 aromatic carbocycles. The standard InChI is InChI=1S/C11H22O3/c1-7(2)5-9(6-8(3)4)10(12)11(13)14/h7-10,12H,5-6H2,1-4H3,(H,13,14). The Kier molecular flexibility index (Phi) is 5.77. The van der Waals surface area contributed by atoms with Crippen LogP contribution in [0.3, 0.4) is 0 Å². The molecule has 0 aliphatic heterocycles. The first-order valence-corrected chi connectivity index (χ1v) is 5.25. The van der Waals surface area contributed by atoms with Crippen LogP contribution in [0.1, 0.15) is 40.5 Å². The third-order valence-corrected chi connectivity index (χ3v) is 2.25. The van der Waals surface area contributed by atoms with E-state index in [-0.39, 0.29) is 5.92 Å². The Morgan fingerprint density at radius 3 is 1.64 bits per heavy atom. The number of carbonyl (C=O) groups is 1. The van der Waals surface area contributed by atoms with Gasteiger partial charge in [-0.05, 0) is 30.6 Å². The first-order valence-electron chi connectivity index (χ1n) is 5.25. The van der Waals surface area contributed by atoms with Crippen LogP contribution in [0, 0.1) is 17.8 Å². The van der Waals surface area contributed by atoms with E-state index in [1.54, 1.807) is 0 Å². The van der Waals surface area contributed by atoms with E-state index in [0.717, 1.165) is 12.8 Å². The van der Waals surface area contributed by atoms with E-state index >= 15 is 0 Å². The fourth-order valence-corrected chi connectivity index (χ4v) is 1.77. The van der Waals surface area contributed by atoms with Gasteiger partial charge in [-0.1, -0.05) is 27.7 Å². The number of hydrogen-bond donors (Lipinski definition) is 2. The number of carboxylic acid groups (broad SMARTS) is 1. The van der Waals surface area contributed by atoms with Crippen LogP contribution in [-0.4, -0.2) is 22.3 Å². The summed E-state index contributed by atoms with van der Waals surface area (Å²) in [6, 6.07) is 0. The molecule has 0 amide bonds. The number of hydrogen-bond acceptors (Lipinski definition) is 2. The van der Waals surface area contributed by atoms with Crippen molar-refractivity contribution in [3.05, 3.63) is 0 Å². The van der Waals surface area contributed by atoms with Crippen molar-refractivity contribution in [1.82, 2.24) is 0 Å². The molecule has 84 valence electrons. The van der Waals surface area contributed by atoms with E-state index in [1.165, 1.54) is 0 Å². The topological polar surface area (TPSA) is 57.5 Å². The van der Waals surface area contributed by atoms with Gasteiger partial charge in [-0.15, -0.1) is 0 Å². The molecule has 0 spiro atoms. The highest BCUT2D eigenvalue weighted by molar-refractivity contribution is 5.72. The van der Waals surface area contributed by atoms with Crippen molar-refractivity contribution < 1.29 is 15.0 Å². The Bertz CT molecular complexity index is 165. The molecule has 1 atom stereocenters. The molecule has 0 aromatic rings. The number of aliphatic hydroxyl groups is 1. The van der Waals surface area contributed by atoms with Gasteiger partial charge in [0, 0.05) is 0 Å². The second-order valence-electron chi connectivity index (χ2n) is 4.80. The maximum atomic E-state index is 10.7. The summed E-state index contributed by atoms with van der Waals surface area (Å²) in [6.45, 7) is 8.17. The van der Waals surface area contributed by atoms with Crippen molar-refractivity contribution in [2.24, 2.45) is 17.8 Å². The van der Waals surface area contributed by atoms with E-state index in [0.29, 0.717) is 11.8 Å². The van der Waals surface area contributed by atoms with Crippen molar-refractivity contribution in [2.45, 2.75) is 46.6 Å². The summed E-state index contributed by atoms with van der Waals surface area (Å²) < 4.78 is 0.